The minimum atomic E-state index is 0.167. The molecule has 1 heterocycles. The van der Waals surface area contributed by atoms with E-state index in [4.69, 9.17) is 5.73 Å². The van der Waals surface area contributed by atoms with Gasteiger partial charge in [-0.25, -0.2) is 0 Å². The first kappa shape index (κ1) is 14.8. The molecule has 0 radical (unpaired) electrons. The highest BCUT2D eigenvalue weighted by molar-refractivity contribution is 5.79. The lowest BCUT2D eigenvalue weighted by Gasteiger charge is -2.38. The monoisotopic (exact) mass is 267 g/mol. The number of piperidine rings is 1. The van der Waals surface area contributed by atoms with E-state index in [0.29, 0.717) is 12.5 Å². The highest BCUT2D eigenvalue weighted by Gasteiger charge is 2.34. The third kappa shape index (κ3) is 3.69. The highest BCUT2D eigenvalue weighted by Crippen LogP contribution is 2.32. The second-order valence-corrected chi connectivity index (χ2v) is 6.86. The highest BCUT2D eigenvalue weighted by atomic mass is 16.1. The second-order valence-electron chi connectivity index (χ2n) is 6.86. The van der Waals surface area contributed by atoms with E-state index in [0.717, 1.165) is 38.9 Å². The molecule has 1 aliphatic heterocycles. The van der Waals surface area contributed by atoms with Crippen molar-refractivity contribution in [2.45, 2.75) is 39.0 Å². The van der Waals surface area contributed by atoms with Crippen LogP contribution in [0, 0.1) is 17.3 Å². The first-order chi connectivity index (χ1) is 9.04. The Labute approximate surface area is 117 Å². The summed E-state index contributed by atoms with van der Waals surface area (Å²) >= 11 is 0. The third-order valence-corrected chi connectivity index (χ3v) is 5.18. The van der Waals surface area contributed by atoms with Crippen LogP contribution in [0.15, 0.2) is 0 Å². The molecule has 0 aromatic heterocycles. The van der Waals surface area contributed by atoms with Gasteiger partial charge in [-0.1, -0.05) is 13.3 Å². The van der Waals surface area contributed by atoms with Crippen molar-refractivity contribution in [3.05, 3.63) is 0 Å². The van der Waals surface area contributed by atoms with Crippen LogP contribution < -0.4 is 11.1 Å². The summed E-state index contributed by atoms with van der Waals surface area (Å²) in [4.78, 5) is 14.7. The Morgan fingerprint density at radius 3 is 2.68 bits per heavy atom. The lowest BCUT2D eigenvalue weighted by molar-refractivity contribution is -0.126. The molecule has 0 bridgehead atoms. The molecule has 2 unspecified atom stereocenters. The van der Waals surface area contributed by atoms with E-state index in [1.807, 2.05) is 0 Å². The van der Waals surface area contributed by atoms with Crippen molar-refractivity contribution in [2.75, 3.05) is 33.2 Å². The predicted molar refractivity (Wildman–Crippen MR) is 77.7 cm³/mol. The van der Waals surface area contributed by atoms with Crippen LogP contribution in [0.2, 0.25) is 0 Å². The minimum absolute atomic E-state index is 0.167. The molecule has 4 heteroatoms. The average molecular weight is 267 g/mol. The van der Waals surface area contributed by atoms with E-state index in [2.05, 4.69) is 24.2 Å². The SMILES string of the molecule is CN1CCC(C)(CNC(=O)C2CCCC2CN)CC1. The zero-order valence-corrected chi connectivity index (χ0v) is 12.5. The fourth-order valence-electron chi connectivity index (χ4n) is 3.43. The molecule has 19 heavy (non-hydrogen) atoms. The minimum Gasteiger partial charge on any atom is -0.355 e. The zero-order chi connectivity index (χ0) is 13.9. The van der Waals surface area contributed by atoms with Crippen LogP contribution in [0.5, 0.6) is 0 Å². The van der Waals surface area contributed by atoms with Crippen molar-refractivity contribution in [2.24, 2.45) is 23.0 Å². The van der Waals surface area contributed by atoms with Crippen molar-refractivity contribution >= 4 is 5.91 Å². The van der Waals surface area contributed by atoms with E-state index in [1.54, 1.807) is 0 Å². The number of amides is 1. The van der Waals surface area contributed by atoms with Gasteiger partial charge in [-0.2, -0.15) is 0 Å². The largest absolute Gasteiger partial charge is 0.355 e. The number of hydrogen-bond donors (Lipinski definition) is 2. The molecule has 1 amide bonds. The number of rotatable bonds is 4. The molecular formula is C15H29N3O. The van der Waals surface area contributed by atoms with Crippen molar-refractivity contribution in [1.82, 2.24) is 10.2 Å². The fraction of sp³-hybridized carbons (Fsp3) is 0.933. The number of likely N-dealkylation sites (tertiary alicyclic amines) is 1. The maximum Gasteiger partial charge on any atom is 0.223 e. The van der Waals surface area contributed by atoms with Gasteiger partial charge in [0.1, 0.15) is 0 Å². The summed E-state index contributed by atoms with van der Waals surface area (Å²) in [6.07, 6.45) is 5.65. The number of nitrogens with one attached hydrogen (secondary N) is 1. The number of carbonyl (C=O) groups excluding carboxylic acids is 1. The van der Waals surface area contributed by atoms with Crippen LogP contribution in [0.3, 0.4) is 0 Å². The Bertz CT molecular complexity index is 311. The van der Waals surface area contributed by atoms with Crippen molar-refractivity contribution in [3.8, 4) is 0 Å². The van der Waals surface area contributed by atoms with Gasteiger partial charge >= 0.3 is 0 Å². The van der Waals surface area contributed by atoms with Crippen LogP contribution in [0.1, 0.15) is 39.0 Å². The summed E-state index contributed by atoms with van der Waals surface area (Å²) in [5.41, 5.74) is 6.03. The van der Waals surface area contributed by atoms with Gasteiger partial charge in [-0.05, 0) is 63.7 Å². The summed E-state index contributed by atoms with van der Waals surface area (Å²) in [6.45, 7) is 6.06. The molecule has 2 rings (SSSR count). The first-order valence-electron chi connectivity index (χ1n) is 7.70. The Morgan fingerprint density at radius 2 is 2.05 bits per heavy atom. The summed E-state index contributed by atoms with van der Waals surface area (Å²) < 4.78 is 0. The molecule has 0 aromatic rings. The Balaban J connectivity index is 1.80. The molecule has 110 valence electrons. The summed E-state index contributed by atoms with van der Waals surface area (Å²) in [7, 11) is 2.17. The summed E-state index contributed by atoms with van der Waals surface area (Å²) in [5, 5.41) is 3.20. The predicted octanol–water partition coefficient (Wildman–Crippen LogP) is 1.21. The molecule has 2 aliphatic rings. The maximum absolute atomic E-state index is 12.3. The van der Waals surface area contributed by atoms with E-state index in [-0.39, 0.29) is 17.2 Å². The number of nitrogens with zero attached hydrogens (tertiary/aromatic N) is 1. The van der Waals surface area contributed by atoms with Crippen LogP contribution in [-0.2, 0) is 4.79 Å². The van der Waals surface area contributed by atoms with Crippen molar-refractivity contribution in [3.63, 3.8) is 0 Å². The molecule has 0 spiro atoms. The van der Waals surface area contributed by atoms with E-state index < -0.39 is 0 Å². The second kappa shape index (κ2) is 6.23. The number of hydrogen-bond acceptors (Lipinski definition) is 3. The molecule has 2 fully saturated rings. The topological polar surface area (TPSA) is 58.4 Å². The van der Waals surface area contributed by atoms with Gasteiger partial charge < -0.3 is 16.0 Å². The smallest absolute Gasteiger partial charge is 0.223 e. The van der Waals surface area contributed by atoms with Gasteiger partial charge in [-0.15, -0.1) is 0 Å². The Kier molecular flexibility index (Phi) is 4.85. The van der Waals surface area contributed by atoms with Crippen LogP contribution in [0.4, 0.5) is 0 Å². The van der Waals surface area contributed by atoms with E-state index >= 15 is 0 Å². The molecule has 1 saturated heterocycles. The van der Waals surface area contributed by atoms with Crippen LogP contribution in [-0.4, -0.2) is 44.0 Å². The quantitative estimate of drug-likeness (QED) is 0.805. The molecule has 2 atom stereocenters. The molecule has 0 aromatic carbocycles. The number of nitrogens with two attached hydrogens (primary N) is 1. The molecule has 4 nitrogen and oxygen atoms in total. The van der Waals surface area contributed by atoms with E-state index in [9.17, 15) is 4.79 Å². The Morgan fingerprint density at radius 1 is 1.37 bits per heavy atom. The van der Waals surface area contributed by atoms with Gasteiger partial charge in [0, 0.05) is 12.5 Å². The lowest BCUT2D eigenvalue weighted by Crippen LogP contribution is -2.45. The number of carbonyl (C=O) groups is 1. The third-order valence-electron chi connectivity index (χ3n) is 5.18. The Hall–Kier alpha value is -0.610. The summed E-state index contributed by atoms with van der Waals surface area (Å²) in [6, 6.07) is 0. The van der Waals surface area contributed by atoms with Crippen LogP contribution >= 0.6 is 0 Å². The van der Waals surface area contributed by atoms with Crippen molar-refractivity contribution in [1.29, 1.82) is 0 Å². The standard InChI is InChI=1S/C15H29N3O/c1-15(6-8-18(2)9-7-15)11-17-14(19)13-5-3-4-12(13)10-16/h12-13H,3-11,16H2,1-2H3,(H,17,19). The zero-order valence-electron chi connectivity index (χ0n) is 12.5. The molecule has 1 saturated carbocycles. The van der Waals surface area contributed by atoms with Gasteiger partial charge in [0.15, 0.2) is 0 Å². The van der Waals surface area contributed by atoms with Gasteiger partial charge in [-0.3, -0.25) is 4.79 Å². The molecular weight excluding hydrogens is 238 g/mol. The molecule has 1 aliphatic carbocycles. The van der Waals surface area contributed by atoms with Gasteiger partial charge in [0.25, 0.3) is 0 Å². The summed E-state index contributed by atoms with van der Waals surface area (Å²) in [5.74, 6) is 0.818. The average Bonchev–Trinajstić information content (AvgIpc) is 2.88. The van der Waals surface area contributed by atoms with Gasteiger partial charge in [0.2, 0.25) is 5.91 Å². The lowest BCUT2D eigenvalue weighted by atomic mass is 9.80. The maximum atomic E-state index is 12.3. The fourth-order valence-corrected chi connectivity index (χ4v) is 3.43. The first-order valence-corrected chi connectivity index (χ1v) is 7.70. The van der Waals surface area contributed by atoms with E-state index in [1.165, 1.54) is 12.8 Å². The molecule has 3 N–H and O–H groups in total. The van der Waals surface area contributed by atoms with Gasteiger partial charge in [0.05, 0.1) is 0 Å². The van der Waals surface area contributed by atoms with Crippen molar-refractivity contribution < 1.29 is 4.79 Å². The normalized spacial score (nSPS) is 31.3. The van der Waals surface area contributed by atoms with Crippen LogP contribution in [0.25, 0.3) is 0 Å².